The number of anilines is 1. The zero-order valence-corrected chi connectivity index (χ0v) is 17.9. The molecular formula is C24H24N2O3S. The van der Waals surface area contributed by atoms with Gasteiger partial charge >= 0.3 is 0 Å². The van der Waals surface area contributed by atoms with Gasteiger partial charge in [-0.15, -0.1) is 0 Å². The third-order valence-corrected chi connectivity index (χ3v) is 7.89. The quantitative estimate of drug-likeness (QED) is 0.635. The van der Waals surface area contributed by atoms with Crippen molar-refractivity contribution in [2.45, 2.75) is 31.0 Å². The van der Waals surface area contributed by atoms with Crippen molar-refractivity contribution in [3.8, 4) is 5.75 Å². The van der Waals surface area contributed by atoms with Crippen molar-refractivity contribution >= 4 is 15.7 Å². The summed E-state index contributed by atoms with van der Waals surface area (Å²) in [5.74, 6) is 0.738. The molecule has 0 amide bonds. The molecule has 1 atom stereocenters. The average Bonchev–Trinajstić information content (AvgIpc) is 2.78. The van der Waals surface area contributed by atoms with Crippen LogP contribution in [-0.2, 0) is 23.0 Å². The van der Waals surface area contributed by atoms with Crippen LogP contribution in [0.5, 0.6) is 5.75 Å². The second kappa shape index (κ2) is 7.15. The van der Waals surface area contributed by atoms with Crippen LogP contribution in [0, 0.1) is 6.92 Å². The highest BCUT2D eigenvalue weighted by atomic mass is 32.2. The smallest absolute Gasteiger partial charge is 0.245 e. The normalized spacial score (nSPS) is 18.3. The fourth-order valence-electron chi connectivity index (χ4n) is 4.50. The van der Waals surface area contributed by atoms with Crippen LogP contribution >= 0.6 is 0 Å². The summed E-state index contributed by atoms with van der Waals surface area (Å²) in [5, 5.41) is 0. The van der Waals surface area contributed by atoms with Crippen molar-refractivity contribution in [3.05, 3.63) is 89.0 Å². The third-order valence-electron chi connectivity index (χ3n) is 6.08. The van der Waals surface area contributed by atoms with E-state index in [0.717, 1.165) is 41.1 Å². The number of benzene rings is 3. The largest absolute Gasteiger partial charge is 0.497 e. The van der Waals surface area contributed by atoms with Crippen LogP contribution in [0.15, 0.2) is 71.6 Å². The van der Waals surface area contributed by atoms with Crippen molar-refractivity contribution in [1.82, 2.24) is 4.31 Å². The van der Waals surface area contributed by atoms with Crippen molar-refractivity contribution in [2.75, 3.05) is 18.6 Å². The molecule has 0 saturated heterocycles. The van der Waals surface area contributed by atoms with Gasteiger partial charge in [0.2, 0.25) is 10.0 Å². The Kier molecular flexibility index (Phi) is 4.56. The number of rotatable bonds is 3. The van der Waals surface area contributed by atoms with E-state index < -0.39 is 16.2 Å². The molecule has 5 nitrogen and oxygen atoms in total. The van der Waals surface area contributed by atoms with Crippen molar-refractivity contribution < 1.29 is 13.2 Å². The predicted molar refractivity (Wildman–Crippen MR) is 117 cm³/mol. The Bertz CT molecular complexity index is 1210. The number of hydrogen-bond donors (Lipinski definition) is 0. The van der Waals surface area contributed by atoms with Crippen LogP contribution in [0.1, 0.15) is 28.4 Å². The molecule has 154 valence electrons. The van der Waals surface area contributed by atoms with E-state index in [9.17, 15) is 8.42 Å². The van der Waals surface area contributed by atoms with Gasteiger partial charge in [-0.25, -0.2) is 8.42 Å². The lowest BCUT2D eigenvalue weighted by molar-refractivity contribution is 0.280. The summed E-state index contributed by atoms with van der Waals surface area (Å²) < 4.78 is 34.7. The van der Waals surface area contributed by atoms with Crippen LogP contribution < -0.4 is 9.64 Å². The first-order valence-electron chi connectivity index (χ1n) is 10.1. The maximum absolute atomic E-state index is 13.8. The number of aryl methyl sites for hydroxylation is 1. The minimum atomic E-state index is -3.70. The number of para-hydroxylation sites is 1. The van der Waals surface area contributed by atoms with Gasteiger partial charge in [-0.1, -0.05) is 42.0 Å². The first-order chi connectivity index (χ1) is 14.5. The summed E-state index contributed by atoms with van der Waals surface area (Å²) >= 11 is 0. The lowest BCUT2D eigenvalue weighted by Gasteiger charge is -2.48. The number of hydrogen-bond acceptors (Lipinski definition) is 4. The van der Waals surface area contributed by atoms with Crippen molar-refractivity contribution in [2.24, 2.45) is 0 Å². The second-order valence-electron chi connectivity index (χ2n) is 7.87. The lowest BCUT2D eigenvalue weighted by Crippen LogP contribution is -2.50. The maximum Gasteiger partial charge on any atom is 0.245 e. The molecule has 6 heteroatoms. The minimum absolute atomic E-state index is 0.322. The molecule has 0 fully saturated rings. The van der Waals surface area contributed by atoms with Crippen molar-refractivity contribution in [1.29, 1.82) is 0 Å². The standard InChI is InChI=1S/C24H24N2O3S/c1-17-7-11-21(12-8-17)30(27,28)26-16-19-5-3-4-6-23(19)25-14-13-18-9-10-20(29-2)15-22(18)24(25)26/h3-12,15,24H,13-14,16H2,1-2H3/t24-/m0/s1. The number of nitrogens with zero attached hydrogens (tertiary/aromatic N) is 2. The van der Waals surface area contributed by atoms with E-state index in [4.69, 9.17) is 4.74 Å². The van der Waals surface area contributed by atoms with Crippen molar-refractivity contribution in [3.63, 3.8) is 0 Å². The number of sulfonamides is 1. The Hall–Kier alpha value is -2.83. The summed E-state index contributed by atoms with van der Waals surface area (Å²) in [4.78, 5) is 2.54. The van der Waals surface area contributed by atoms with E-state index in [2.05, 4.69) is 17.0 Å². The molecule has 0 bridgehead atoms. The van der Waals surface area contributed by atoms with E-state index in [1.807, 2.05) is 49.4 Å². The summed E-state index contributed by atoms with van der Waals surface area (Å²) in [6, 6.07) is 21.2. The van der Waals surface area contributed by atoms with Gasteiger partial charge in [-0.3, -0.25) is 0 Å². The number of methoxy groups -OCH3 is 1. The molecule has 3 aromatic carbocycles. The Balaban J connectivity index is 1.70. The Labute approximate surface area is 177 Å². The third kappa shape index (κ3) is 2.99. The van der Waals surface area contributed by atoms with E-state index >= 15 is 0 Å². The van der Waals surface area contributed by atoms with Gasteiger partial charge in [0, 0.05) is 18.8 Å². The van der Waals surface area contributed by atoms with Crippen LogP contribution in [-0.4, -0.2) is 26.4 Å². The molecule has 0 radical (unpaired) electrons. The molecule has 5 rings (SSSR count). The Morgan fingerprint density at radius 1 is 0.967 bits per heavy atom. The molecule has 2 heterocycles. The van der Waals surface area contributed by atoms with E-state index in [1.54, 1.807) is 23.5 Å². The SMILES string of the molecule is COc1ccc2c(c1)[C@H]1N(CC2)c2ccccc2CN1S(=O)(=O)c1ccc(C)cc1. The first-order valence-corrected chi connectivity index (χ1v) is 11.5. The molecule has 0 aromatic heterocycles. The average molecular weight is 421 g/mol. The highest BCUT2D eigenvalue weighted by Gasteiger charge is 2.43. The number of ether oxygens (including phenoxy) is 1. The molecule has 0 saturated carbocycles. The predicted octanol–water partition coefficient (Wildman–Crippen LogP) is 4.27. The van der Waals surface area contributed by atoms with E-state index in [-0.39, 0.29) is 0 Å². The summed E-state index contributed by atoms with van der Waals surface area (Å²) in [6.45, 7) is 3.06. The monoisotopic (exact) mass is 420 g/mol. The molecule has 2 aliphatic heterocycles. The molecule has 0 N–H and O–H groups in total. The first kappa shape index (κ1) is 19.2. The molecule has 30 heavy (non-hydrogen) atoms. The highest BCUT2D eigenvalue weighted by molar-refractivity contribution is 7.89. The Morgan fingerprint density at radius 3 is 2.50 bits per heavy atom. The molecule has 0 spiro atoms. The Morgan fingerprint density at radius 2 is 1.73 bits per heavy atom. The highest BCUT2D eigenvalue weighted by Crippen LogP contribution is 2.45. The molecule has 2 aliphatic rings. The summed E-state index contributed by atoms with van der Waals surface area (Å²) in [6.07, 6.45) is 0.466. The van der Waals surface area contributed by atoms with Crippen LogP contribution in [0.4, 0.5) is 5.69 Å². The fourth-order valence-corrected chi connectivity index (χ4v) is 6.05. The van der Waals surface area contributed by atoms with Gasteiger partial charge in [0.1, 0.15) is 11.9 Å². The van der Waals surface area contributed by atoms with Crippen LogP contribution in [0.25, 0.3) is 0 Å². The summed E-state index contributed by atoms with van der Waals surface area (Å²) in [5.41, 5.74) is 5.32. The molecule has 3 aromatic rings. The van der Waals surface area contributed by atoms with E-state index in [1.165, 1.54) is 5.56 Å². The lowest BCUT2D eigenvalue weighted by atomic mass is 9.93. The minimum Gasteiger partial charge on any atom is -0.497 e. The van der Waals surface area contributed by atoms with Gasteiger partial charge in [0.05, 0.1) is 12.0 Å². The maximum atomic E-state index is 13.8. The fraction of sp³-hybridized carbons (Fsp3) is 0.250. The summed E-state index contributed by atoms with van der Waals surface area (Å²) in [7, 11) is -2.07. The van der Waals surface area contributed by atoms with Crippen LogP contribution in [0.2, 0.25) is 0 Å². The van der Waals surface area contributed by atoms with Gasteiger partial charge in [-0.05, 0) is 60.4 Å². The zero-order valence-electron chi connectivity index (χ0n) is 17.1. The zero-order chi connectivity index (χ0) is 20.9. The van der Waals surface area contributed by atoms with Crippen LogP contribution in [0.3, 0.4) is 0 Å². The van der Waals surface area contributed by atoms with Gasteiger partial charge in [0.25, 0.3) is 0 Å². The number of fused-ring (bicyclic) bond motifs is 5. The van der Waals surface area contributed by atoms with Gasteiger partial charge in [0.15, 0.2) is 0 Å². The molecule has 0 unspecified atom stereocenters. The van der Waals surface area contributed by atoms with Gasteiger partial charge < -0.3 is 9.64 Å². The second-order valence-corrected chi connectivity index (χ2v) is 9.76. The molecular weight excluding hydrogens is 396 g/mol. The van der Waals surface area contributed by atoms with Gasteiger partial charge in [-0.2, -0.15) is 4.31 Å². The van der Waals surface area contributed by atoms with E-state index in [0.29, 0.717) is 11.4 Å². The molecule has 0 aliphatic carbocycles. The topological polar surface area (TPSA) is 49.9 Å².